The molecule has 24 heavy (non-hydrogen) atoms. The highest BCUT2D eigenvalue weighted by atomic mass is 16.3. The first-order valence-electron chi connectivity index (χ1n) is 7.65. The van der Waals surface area contributed by atoms with Gasteiger partial charge >= 0.3 is 6.03 Å². The van der Waals surface area contributed by atoms with Crippen LogP contribution in [0.1, 0.15) is 5.56 Å². The van der Waals surface area contributed by atoms with Crippen LogP contribution in [-0.4, -0.2) is 11.1 Å². The lowest BCUT2D eigenvalue weighted by molar-refractivity contribution is 0.262. The summed E-state index contributed by atoms with van der Waals surface area (Å²) in [4.78, 5) is 12.1. The first-order valence-corrected chi connectivity index (χ1v) is 7.65. The molecule has 0 fully saturated rings. The van der Waals surface area contributed by atoms with E-state index < -0.39 is 0 Å². The van der Waals surface area contributed by atoms with Gasteiger partial charge in [-0.05, 0) is 53.9 Å². The van der Waals surface area contributed by atoms with Crippen LogP contribution in [0.25, 0.3) is 11.1 Å². The average molecular weight is 318 g/mol. The summed E-state index contributed by atoms with van der Waals surface area (Å²) in [6, 6.07) is 22.2. The molecule has 4 nitrogen and oxygen atoms in total. The Kier molecular flexibility index (Phi) is 4.47. The number of phenols is 1. The number of amides is 2. The number of carbonyl (C=O) groups excluding carboxylic acids is 1. The Balaban J connectivity index is 1.66. The molecule has 3 rings (SSSR count). The second kappa shape index (κ2) is 6.87. The van der Waals surface area contributed by atoms with Crippen LogP contribution in [0.4, 0.5) is 16.2 Å². The molecule has 3 aromatic rings. The van der Waals surface area contributed by atoms with E-state index >= 15 is 0 Å². The number of anilines is 2. The number of aryl methyl sites for hydroxylation is 1. The highest BCUT2D eigenvalue weighted by molar-refractivity contribution is 6.00. The number of aromatic hydroxyl groups is 1. The predicted octanol–water partition coefficient (Wildman–Crippen LogP) is 5.01. The summed E-state index contributed by atoms with van der Waals surface area (Å²) in [6.45, 7) is 1.82. The van der Waals surface area contributed by atoms with E-state index in [1.165, 1.54) is 6.07 Å². The fourth-order valence-corrected chi connectivity index (χ4v) is 2.45. The van der Waals surface area contributed by atoms with E-state index in [4.69, 9.17) is 0 Å². The van der Waals surface area contributed by atoms with E-state index in [0.29, 0.717) is 11.4 Å². The van der Waals surface area contributed by atoms with E-state index in [2.05, 4.69) is 10.6 Å². The number of hydrogen-bond acceptors (Lipinski definition) is 2. The quantitative estimate of drug-likeness (QED) is 0.594. The summed E-state index contributed by atoms with van der Waals surface area (Å²) in [6.07, 6.45) is 0. The topological polar surface area (TPSA) is 61.4 Å². The maximum Gasteiger partial charge on any atom is 0.323 e. The fourth-order valence-electron chi connectivity index (χ4n) is 2.45. The zero-order valence-corrected chi connectivity index (χ0v) is 13.3. The normalized spacial score (nSPS) is 10.2. The third kappa shape index (κ3) is 3.73. The van der Waals surface area contributed by atoms with Gasteiger partial charge in [0.15, 0.2) is 0 Å². The molecule has 3 N–H and O–H groups in total. The standard InChI is InChI=1S/C20H18N2O2/c1-14-13-18(23)11-12-19(14)22-20(24)21-17-9-7-16(8-10-17)15-5-3-2-4-6-15/h2-13,23H,1H3,(H2,21,22,24). The van der Waals surface area contributed by atoms with Crippen molar-refractivity contribution in [1.29, 1.82) is 0 Å². The van der Waals surface area contributed by atoms with Crippen LogP contribution < -0.4 is 10.6 Å². The number of rotatable bonds is 3. The van der Waals surface area contributed by atoms with Gasteiger partial charge in [-0.25, -0.2) is 4.79 Å². The highest BCUT2D eigenvalue weighted by Gasteiger charge is 2.06. The fraction of sp³-hybridized carbons (Fsp3) is 0.0500. The van der Waals surface area contributed by atoms with Crippen molar-refractivity contribution in [3.8, 4) is 16.9 Å². The molecule has 0 aliphatic heterocycles. The summed E-state index contributed by atoms with van der Waals surface area (Å²) in [5.41, 5.74) is 4.39. The van der Waals surface area contributed by atoms with Gasteiger partial charge in [0.25, 0.3) is 0 Å². The van der Waals surface area contributed by atoms with E-state index in [1.54, 1.807) is 12.1 Å². The summed E-state index contributed by atoms with van der Waals surface area (Å²) in [5.74, 6) is 0.176. The number of hydrogen-bond donors (Lipinski definition) is 3. The second-order valence-corrected chi connectivity index (χ2v) is 5.52. The molecule has 0 aliphatic rings. The minimum Gasteiger partial charge on any atom is -0.508 e. The van der Waals surface area contributed by atoms with Crippen molar-refractivity contribution in [3.05, 3.63) is 78.4 Å². The van der Waals surface area contributed by atoms with Gasteiger partial charge in [-0.3, -0.25) is 0 Å². The number of urea groups is 1. The Bertz CT molecular complexity index is 843. The number of carbonyl (C=O) groups is 1. The molecule has 2 amide bonds. The SMILES string of the molecule is Cc1cc(O)ccc1NC(=O)Nc1ccc(-c2ccccc2)cc1. The maximum absolute atomic E-state index is 12.1. The third-order valence-electron chi connectivity index (χ3n) is 3.71. The van der Waals surface area contributed by atoms with Crippen molar-refractivity contribution in [3.63, 3.8) is 0 Å². The monoisotopic (exact) mass is 318 g/mol. The molecular formula is C20H18N2O2. The van der Waals surface area contributed by atoms with Gasteiger partial charge < -0.3 is 15.7 Å². The second-order valence-electron chi connectivity index (χ2n) is 5.52. The van der Waals surface area contributed by atoms with Gasteiger partial charge in [-0.1, -0.05) is 42.5 Å². The van der Waals surface area contributed by atoms with E-state index in [9.17, 15) is 9.90 Å². The molecule has 0 unspecified atom stereocenters. The maximum atomic E-state index is 12.1. The lowest BCUT2D eigenvalue weighted by Crippen LogP contribution is -2.19. The van der Waals surface area contributed by atoms with Crippen LogP contribution in [0.3, 0.4) is 0 Å². The molecule has 0 saturated heterocycles. The molecule has 0 spiro atoms. The largest absolute Gasteiger partial charge is 0.508 e. The Morgan fingerprint density at radius 2 is 1.50 bits per heavy atom. The zero-order valence-electron chi connectivity index (χ0n) is 13.3. The summed E-state index contributed by atoms with van der Waals surface area (Å²) in [7, 11) is 0. The van der Waals surface area contributed by atoms with E-state index in [0.717, 1.165) is 16.7 Å². The molecular weight excluding hydrogens is 300 g/mol. The van der Waals surface area contributed by atoms with Crippen LogP contribution >= 0.6 is 0 Å². The van der Waals surface area contributed by atoms with Crippen molar-refractivity contribution in [2.24, 2.45) is 0 Å². The molecule has 0 bridgehead atoms. The Morgan fingerprint density at radius 3 is 2.17 bits per heavy atom. The van der Waals surface area contributed by atoms with E-state index in [1.807, 2.05) is 61.5 Å². The first-order chi connectivity index (χ1) is 11.6. The molecule has 0 atom stereocenters. The zero-order chi connectivity index (χ0) is 16.9. The van der Waals surface area contributed by atoms with Crippen LogP contribution in [0.5, 0.6) is 5.75 Å². The number of benzene rings is 3. The number of nitrogens with one attached hydrogen (secondary N) is 2. The van der Waals surface area contributed by atoms with Gasteiger partial charge in [0, 0.05) is 11.4 Å². The van der Waals surface area contributed by atoms with Crippen LogP contribution in [-0.2, 0) is 0 Å². The van der Waals surface area contributed by atoms with Gasteiger partial charge in [0.05, 0.1) is 0 Å². The number of phenolic OH excluding ortho intramolecular Hbond substituents is 1. The van der Waals surface area contributed by atoms with Crippen molar-refractivity contribution in [2.45, 2.75) is 6.92 Å². The molecule has 0 heterocycles. The van der Waals surface area contributed by atoms with Gasteiger partial charge in [0.2, 0.25) is 0 Å². The summed E-state index contributed by atoms with van der Waals surface area (Å²) in [5, 5.41) is 15.0. The molecule has 0 aliphatic carbocycles. The summed E-state index contributed by atoms with van der Waals surface area (Å²) < 4.78 is 0. The lowest BCUT2D eigenvalue weighted by Gasteiger charge is -2.10. The Morgan fingerprint density at radius 1 is 0.833 bits per heavy atom. The van der Waals surface area contributed by atoms with E-state index in [-0.39, 0.29) is 11.8 Å². The Labute approximate surface area is 140 Å². The average Bonchev–Trinajstić information content (AvgIpc) is 2.59. The molecule has 4 heteroatoms. The van der Waals surface area contributed by atoms with Crippen LogP contribution in [0.15, 0.2) is 72.8 Å². The highest BCUT2D eigenvalue weighted by Crippen LogP contribution is 2.22. The van der Waals surface area contributed by atoms with Gasteiger partial charge in [-0.15, -0.1) is 0 Å². The Hall–Kier alpha value is -3.27. The molecule has 120 valence electrons. The van der Waals surface area contributed by atoms with Crippen LogP contribution in [0.2, 0.25) is 0 Å². The lowest BCUT2D eigenvalue weighted by atomic mass is 10.1. The third-order valence-corrected chi connectivity index (χ3v) is 3.71. The van der Waals surface area contributed by atoms with Crippen molar-refractivity contribution >= 4 is 17.4 Å². The minimum atomic E-state index is -0.323. The van der Waals surface area contributed by atoms with Gasteiger partial charge in [-0.2, -0.15) is 0 Å². The van der Waals surface area contributed by atoms with Crippen LogP contribution in [0, 0.1) is 6.92 Å². The van der Waals surface area contributed by atoms with Crippen molar-refractivity contribution in [1.82, 2.24) is 0 Å². The van der Waals surface area contributed by atoms with Gasteiger partial charge in [0.1, 0.15) is 5.75 Å². The smallest absolute Gasteiger partial charge is 0.323 e. The molecule has 0 aromatic heterocycles. The predicted molar refractivity (Wildman–Crippen MR) is 97.4 cm³/mol. The molecule has 0 radical (unpaired) electrons. The van der Waals surface area contributed by atoms with Crippen molar-refractivity contribution < 1.29 is 9.90 Å². The minimum absolute atomic E-state index is 0.176. The first kappa shape index (κ1) is 15.6. The summed E-state index contributed by atoms with van der Waals surface area (Å²) >= 11 is 0. The molecule has 3 aromatic carbocycles. The van der Waals surface area contributed by atoms with Crippen molar-refractivity contribution in [2.75, 3.05) is 10.6 Å². The molecule has 0 saturated carbocycles.